The molecule has 1 unspecified atom stereocenters. The van der Waals surface area contributed by atoms with E-state index in [0.29, 0.717) is 13.2 Å². The van der Waals surface area contributed by atoms with Crippen molar-refractivity contribution in [3.63, 3.8) is 0 Å². The fourth-order valence-electron chi connectivity index (χ4n) is 5.03. The van der Waals surface area contributed by atoms with Gasteiger partial charge in [0.1, 0.15) is 0 Å². The molecular weight excluding hydrogens is 468 g/mol. The summed E-state index contributed by atoms with van der Waals surface area (Å²) in [4.78, 5) is 10.3. The smallest absolute Gasteiger partial charge is 0.269 e. The summed E-state index contributed by atoms with van der Waals surface area (Å²) >= 11 is 0. The van der Waals surface area contributed by atoms with E-state index in [1.807, 2.05) is 0 Å². The third kappa shape index (κ3) is 7.10. The fourth-order valence-corrected chi connectivity index (χ4v) is 6.18. The second-order valence-corrected chi connectivity index (χ2v) is 11.5. The number of nitrogens with zero attached hydrogens (tertiary/aromatic N) is 1. The molecule has 0 aromatic heterocycles. The lowest BCUT2D eigenvalue weighted by atomic mass is 9.80. The summed E-state index contributed by atoms with van der Waals surface area (Å²) in [5, 5.41) is 10.8. The van der Waals surface area contributed by atoms with Gasteiger partial charge in [-0.1, -0.05) is 37.1 Å². The summed E-state index contributed by atoms with van der Waals surface area (Å²) in [6, 6.07) is 13.5. The molecule has 1 heterocycles. The average Bonchev–Trinajstić information content (AvgIpc) is 3.33. The van der Waals surface area contributed by atoms with E-state index in [1.54, 1.807) is 0 Å². The normalized spacial score (nSPS) is 20.1. The van der Waals surface area contributed by atoms with Gasteiger partial charge in [0.2, 0.25) is 10.0 Å². The SMILES string of the molecule is O=[N+]([O-])c1ccc(S(=O)(=O)NCC2(Cc3ccc(CCOC4CCCCO4)cc3)CCCC2)cc1. The van der Waals surface area contributed by atoms with Crippen molar-refractivity contribution in [3.8, 4) is 0 Å². The Balaban J connectivity index is 1.32. The van der Waals surface area contributed by atoms with Crippen LogP contribution in [0.2, 0.25) is 0 Å². The highest BCUT2D eigenvalue weighted by Gasteiger charge is 2.35. The molecular formula is C26H34N2O6S. The van der Waals surface area contributed by atoms with Crippen molar-refractivity contribution in [2.75, 3.05) is 19.8 Å². The van der Waals surface area contributed by atoms with Crippen molar-refractivity contribution in [1.29, 1.82) is 0 Å². The number of hydrogen-bond donors (Lipinski definition) is 1. The summed E-state index contributed by atoms with van der Waals surface area (Å²) in [7, 11) is -3.74. The third-order valence-electron chi connectivity index (χ3n) is 7.09. The van der Waals surface area contributed by atoms with E-state index in [1.165, 1.54) is 35.4 Å². The number of benzene rings is 2. The molecule has 35 heavy (non-hydrogen) atoms. The Morgan fingerprint density at radius 1 is 1.00 bits per heavy atom. The van der Waals surface area contributed by atoms with Crippen LogP contribution in [-0.2, 0) is 32.3 Å². The molecule has 9 heteroatoms. The number of non-ortho nitro benzene ring substituents is 1. The lowest BCUT2D eigenvalue weighted by Crippen LogP contribution is -2.37. The maximum Gasteiger partial charge on any atom is 0.269 e. The first-order chi connectivity index (χ1) is 16.9. The van der Waals surface area contributed by atoms with Crippen molar-refractivity contribution in [2.45, 2.75) is 69.0 Å². The predicted molar refractivity (Wildman–Crippen MR) is 133 cm³/mol. The zero-order chi connectivity index (χ0) is 24.7. The van der Waals surface area contributed by atoms with Crippen molar-refractivity contribution in [1.82, 2.24) is 4.72 Å². The maximum absolute atomic E-state index is 12.8. The lowest BCUT2D eigenvalue weighted by Gasteiger charge is -2.29. The van der Waals surface area contributed by atoms with Crippen LogP contribution in [0, 0.1) is 15.5 Å². The Kier molecular flexibility index (Phi) is 8.54. The highest BCUT2D eigenvalue weighted by molar-refractivity contribution is 7.89. The summed E-state index contributed by atoms with van der Waals surface area (Å²) < 4.78 is 39.9. The largest absolute Gasteiger partial charge is 0.353 e. The van der Waals surface area contributed by atoms with Gasteiger partial charge < -0.3 is 9.47 Å². The van der Waals surface area contributed by atoms with Gasteiger partial charge in [0, 0.05) is 25.3 Å². The maximum atomic E-state index is 12.8. The molecule has 4 rings (SSSR count). The minimum absolute atomic E-state index is 0.0430. The van der Waals surface area contributed by atoms with Crippen LogP contribution < -0.4 is 4.72 Å². The molecule has 190 valence electrons. The molecule has 0 bridgehead atoms. The Bertz CT molecular complexity index is 1070. The Morgan fingerprint density at radius 2 is 1.69 bits per heavy atom. The molecule has 0 spiro atoms. The minimum Gasteiger partial charge on any atom is -0.353 e. The third-order valence-corrected chi connectivity index (χ3v) is 8.51. The molecule has 0 radical (unpaired) electrons. The number of nitro benzene ring substituents is 1. The zero-order valence-electron chi connectivity index (χ0n) is 20.0. The molecule has 1 aliphatic carbocycles. The quantitative estimate of drug-likeness (QED) is 0.351. The Labute approximate surface area is 207 Å². The van der Waals surface area contributed by atoms with Crippen molar-refractivity contribution in [3.05, 3.63) is 69.8 Å². The average molecular weight is 503 g/mol. The second kappa shape index (κ2) is 11.6. The highest BCUT2D eigenvalue weighted by atomic mass is 32.2. The van der Waals surface area contributed by atoms with Gasteiger partial charge in [-0.2, -0.15) is 0 Å². The van der Waals surface area contributed by atoms with E-state index < -0.39 is 14.9 Å². The van der Waals surface area contributed by atoms with Crippen molar-refractivity contribution < 1.29 is 22.8 Å². The molecule has 1 aliphatic heterocycles. The first-order valence-electron chi connectivity index (χ1n) is 12.4. The van der Waals surface area contributed by atoms with E-state index in [4.69, 9.17) is 9.47 Å². The molecule has 0 amide bonds. The molecule has 8 nitrogen and oxygen atoms in total. The van der Waals surface area contributed by atoms with Gasteiger partial charge in [-0.3, -0.25) is 10.1 Å². The zero-order valence-corrected chi connectivity index (χ0v) is 20.8. The molecule has 1 atom stereocenters. The van der Waals surface area contributed by atoms with E-state index in [0.717, 1.165) is 64.4 Å². The van der Waals surface area contributed by atoms with Gasteiger partial charge in [0.05, 0.1) is 16.4 Å². The van der Waals surface area contributed by atoms with Crippen LogP contribution in [0.1, 0.15) is 56.1 Å². The molecule has 2 aromatic carbocycles. The molecule has 2 aliphatic rings. The summed E-state index contributed by atoms with van der Waals surface area (Å²) in [5.41, 5.74) is 2.15. The predicted octanol–water partition coefficient (Wildman–Crippen LogP) is 4.76. The summed E-state index contributed by atoms with van der Waals surface area (Å²) in [6.45, 7) is 1.77. The number of rotatable bonds is 11. The Morgan fingerprint density at radius 3 is 2.31 bits per heavy atom. The number of ether oxygens (including phenoxy) is 2. The minimum atomic E-state index is -3.74. The fraction of sp³-hybridized carbons (Fsp3) is 0.538. The summed E-state index contributed by atoms with van der Waals surface area (Å²) in [5.74, 6) is 0. The van der Waals surface area contributed by atoms with Crippen LogP contribution in [0.25, 0.3) is 0 Å². The number of nitro groups is 1. The van der Waals surface area contributed by atoms with Crippen LogP contribution >= 0.6 is 0 Å². The van der Waals surface area contributed by atoms with E-state index in [2.05, 4.69) is 29.0 Å². The molecule has 2 fully saturated rings. The van der Waals surface area contributed by atoms with Gasteiger partial charge in [0.15, 0.2) is 6.29 Å². The van der Waals surface area contributed by atoms with Crippen molar-refractivity contribution >= 4 is 15.7 Å². The lowest BCUT2D eigenvalue weighted by molar-refractivity contribution is -0.384. The summed E-state index contributed by atoms with van der Waals surface area (Å²) in [6.07, 6.45) is 8.90. The molecule has 2 aromatic rings. The molecule has 1 N–H and O–H groups in total. The van der Waals surface area contributed by atoms with Crippen LogP contribution in [-0.4, -0.2) is 39.4 Å². The van der Waals surface area contributed by atoms with E-state index in [-0.39, 0.29) is 22.3 Å². The van der Waals surface area contributed by atoms with Gasteiger partial charge in [-0.05, 0) is 73.6 Å². The van der Waals surface area contributed by atoms with Crippen LogP contribution in [0.5, 0.6) is 0 Å². The van der Waals surface area contributed by atoms with Gasteiger partial charge in [0.25, 0.3) is 5.69 Å². The van der Waals surface area contributed by atoms with Crippen LogP contribution in [0.15, 0.2) is 53.4 Å². The van der Waals surface area contributed by atoms with Gasteiger partial charge in [-0.15, -0.1) is 0 Å². The number of hydrogen-bond acceptors (Lipinski definition) is 6. The highest BCUT2D eigenvalue weighted by Crippen LogP contribution is 2.41. The number of nitrogens with one attached hydrogen (secondary N) is 1. The standard InChI is InChI=1S/C26H34N2O6S/c29-28(30)23-10-12-24(13-11-23)35(31,32)27-20-26(15-2-3-16-26)19-22-8-6-21(7-9-22)14-18-34-25-5-1-4-17-33-25/h6-13,25,27H,1-5,14-20H2. The van der Waals surface area contributed by atoms with E-state index in [9.17, 15) is 18.5 Å². The monoisotopic (exact) mass is 502 g/mol. The van der Waals surface area contributed by atoms with Crippen LogP contribution in [0.4, 0.5) is 5.69 Å². The molecule has 1 saturated carbocycles. The Hall–Kier alpha value is -2.33. The van der Waals surface area contributed by atoms with Crippen molar-refractivity contribution in [2.24, 2.45) is 5.41 Å². The molecule has 1 saturated heterocycles. The van der Waals surface area contributed by atoms with E-state index >= 15 is 0 Å². The first-order valence-corrected chi connectivity index (χ1v) is 13.9. The second-order valence-electron chi connectivity index (χ2n) is 9.69. The van der Waals surface area contributed by atoms with Gasteiger partial charge >= 0.3 is 0 Å². The number of sulfonamides is 1. The first kappa shape index (κ1) is 25.8. The topological polar surface area (TPSA) is 108 Å². The van der Waals surface area contributed by atoms with Crippen LogP contribution in [0.3, 0.4) is 0 Å². The van der Waals surface area contributed by atoms with Gasteiger partial charge in [-0.25, -0.2) is 13.1 Å².